The first-order valence-corrected chi connectivity index (χ1v) is 11.4. The van der Waals surface area contributed by atoms with Crippen LogP contribution >= 0.6 is 11.3 Å². The molecular formula is C25H24N4O2S. The fourth-order valence-corrected chi connectivity index (χ4v) is 5.44. The van der Waals surface area contributed by atoms with E-state index in [0.717, 1.165) is 38.8 Å². The van der Waals surface area contributed by atoms with Gasteiger partial charge in [-0.2, -0.15) is 5.10 Å². The van der Waals surface area contributed by atoms with E-state index in [9.17, 15) is 4.79 Å². The second kappa shape index (κ2) is 7.67. The first kappa shape index (κ1) is 20.6. The van der Waals surface area contributed by atoms with Gasteiger partial charge in [0.15, 0.2) is 5.78 Å². The number of benzene rings is 1. The van der Waals surface area contributed by atoms with Gasteiger partial charge in [0.05, 0.1) is 24.4 Å². The van der Waals surface area contributed by atoms with E-state index in [0.29, 0.717) is 5.69 Å². The molecule has 32 heavy (non-hydrogen) atoms. The molecule has 2 unspecified atom stereocenters. The van der Waals surface area contributed by atoms with Crippen molar-refractivity contribution in [3.63, 3.8) is 0 Å². The molecule has 0 spiro atoms. The molecular weight excluding hydrogens is 420 g/mol. The molecule has 3 heterocycles. The number of H-pyrrole nitrogens is 1. The summed E-state index contributed by atoms with van der Waals surface area (Å²) < 4.78 is 5.70. The number of para-hydroxylation sites is 1. The zero-order valence-electron chi connectivity index (χ0n) is 18.4. The number of ether oxygens (including phenoxy) is 1. The molecule has 4 aromatic rings. The summed E-state index contributed by atoms with van der Waals surface area (Å²) in [5, 5.41) is 10.4. The van der Waals surface area contributed by atoms with Gasteiger partial charge in [0.2, 0.25) is 0 Å². The number of hydrogen-bond acceptors (Lipinski definition) is 6. The molecule has 2 atom stereocenters. The van der Waals surface area contributed by atoms with E-state index < -0.39 is 5.92 Å². The summed E-state index contributed by atoms with van der Waals surface area (Å²) in [5.74, 6) is 0.112. The number of thiazole rings is 1. The van der Waals surface area contributed by atoms with Gasteiger partial charge in [0.1, 0.15) is 16.5 Å². The third-order valence-corrected chi connectivity index (χ3v) is 6.83. The highest BCUT2D eigenvalue weighted by Crippen LogP contribution is 2.52. The molecule has 1 aliphatic carbocycles. The standard InChI is InChI=1S/C25H24N4O2S/c1-25(2,3)23-19-18(15-9-5-6-10-17(15)31-4)20(22(30)21(19)28-29-23)24-27-16(13-32-24)14-8-7-11-26-12-14/h5-13,18,20H,1-4H3,(H,28,29). The number of Topliss-reactive ketones (excluding diaryl/α,β-unsaturated/α-hetero) is 1. The Hall–Kier alpha value is -3.32. The second-order valence-corrected chi connectivity index (χ2v) is 9.87. The Kier molecular flexibility index (Phi) is 4.93. The van der Waals surface area contributed by atoms with Crippen LogP contribution in [0.15, 0.2) is 54.2 Å². The molecule has 5 rings (SSSR count). The number of hydrogen-bond donors (Lipinski definition) is 1. The second-order valence-electron chi connectivity index (χ2n) is 8.99. The number of carbonyl (C=O) groups excluding carboxylic acids is 1. The van der Waals surface area contributed by atoms with Crippen molar-refractivity contribution in [1.29, 1.82) is 0 Å². The van der Waals surface area contributed by atoms with Crippen molar-refractivity contribution in [3.8, 4) is 17.0 Å². The number of pyridine rings is 1. The smallest absolute Gasteiger partial charge is 0.191 e. The zero-order chi connectivity index (χ0) is 22.5. The molecule has 0 amide bonds. The summed E-state index contributed by atoms with van der Waals surface area (Å²) in [5.41, 5.74) is 4.95. The van der Waals surface area contributed by atoms with Gasteiger partial charge in [-0.3, -0.25) is 14.9 Å². The third-order valence-electron chi connectivity index (χ3n) is 5.91. The van der Waals surface area contributed by atoms with E-state index in [-0.39, 0.29) is 17.1 Å². The first-order chi connectivity index (χ1) is 15.4. The summed E-state index contributed by atoms with van der Waals surface area (Å²) in [6.07, 6.45) is 3.53. The van der Waals surface area contributed by atoms with Crippen LogP contribution in [0.25, 0.3) is 11.3 Å². The lowest BCUT2D eigenvalue weighted by Crippen LogP contribution is -2.19. The topological polar surface area (TPSA) is 80.8 Å². The highest BCUT2D eigenvalue weighted by atomic mass is 32.1. The van der Waals surface area contributed by atoms with E-state index in [2.05, 4.69) is 36.0 Å². The number of carbonyl (C=O) groups is 1. The maximum atomic E-state index is 13.7. The molecule has 0 aliphatic heterocycles. The lowest BCUT2D eigenvalue weighted by Gasteiger charge is -2.24. The molecule has 0 saturated heterocycles. The van der Waals surface area contributed by atoms with Crippen LogP contribution in [0.2, 0.25) is 0 Å². The summed E-state index contributed by atoms with van der Waals surface area (Å²) in [6, 6.07) is 11.8. The van der Waals surface area contributed by atoms with E-state index in [1.165, 1.54) is 11.3 Å². The monoisotopic (exact) mass is 444 g/mol. The fourth-order valence-electron chi connectivity index (χ4n) is 4.48. The van der Waals surface area contributed by atoms with Crippen molar-refractivity contribution >= 4 is 17.1 Å². The molecule has 1 aliphatic rings. The number of fused-ring (bicyclic) bond motifs is 1. The van der Waals surface area contributed by atoms with Gasteiger partial charge in [0.25, 0.3) is 0 Å². The molecule has 1 aromatic carbocycles. The zero-order valence-corrected chi connectivity index (χ0v) is 19.2. The number of nitrogens with one attached hydrogen (secondary N) is 1. The lowest BCUT2D eigenvalue weighted by molar-refractivity contribution is 0.0963. The summed E-state index contributed by atoms with van der Waals surface area (Å²) in [7, 11) is 1.66. The minimum Gasteiger partial charge on any atom is -0.496 e. The van der Waals surface area contributed by atoms with Crippen LogP contribution in [0.3, 0.4) is 0 Å². The molecule has 0 radical (unpaired) electrons. The number of aromatic amines is 1. The van der Waals surface area contributed by atoms with Crippen LogP contribution < -0.4 is 4.74 Å². The van der Waals surface area contributed by atoms with Crippen molar-refractivity contribution in [2.45, 2.75) is 38.0 Å². The minimum atomic E-state index is -0.438. The number of ketones is 1. The number of nitrogens with zero attached hydrogens (tertiary/aromatic N) is 3. The predicted octanol–water partition coefficient (Wildman–Crippen LogP) is 5.35. The van der Waals surface area contributed by atoms with Gasteiger partial charge in [0, 0.05) is 45.8 Å². The van der Waals surface area contributed by atoms with Crippen molar-refractivity contribution in [2.24, 2.45) is 0 Å². The Balaban J connectivity index is 1.69. The Morgan fingerprint density at radius 3 is 2.62 bits per heavy atom. The van der Waals surface area contributed by atoms with Crippen LogP contribution in [0.1, 0.15) is 64.9 Å². The Labute approximate surface area is 190 Å². The highest BCUT2D eigenvalue weighted by Gasteiger charge is 2.48. The Morgan fingerprint density at radius 1 is 1.09 bits per heavy atom. The maximum Gasteiger partial charge on any atom is 0.191 e. The maximum absolute atomic E-state index is 13.7. The van der Waals surface area contributed by atoms with Crippen molar-refractivity contribution in [3.05, 3.63) is 81.7 Å². The Morgan fingerprint density at radius 2 is 1.91 bits per heavy atom. The molecule has 0 bridgehead atoms. The molecule has 6 nitrogen and oxygen atoms in total. The largest absolute Gasteiger partial charge is 0.496 e. The summed E-state index contributed by atoms with van der Waals surface area (Å²) in [4.78, 5) is 22.8. The van der Waals surface area contributed by atoms with Gasteiger partial charge in [-0.25, -0.2) is 4.98 Å². The Bertz CT molecular complexity index is 1290. The van der Waals surface area contributed by atoms with Gasteiger partial charge >= 0.3 is 0 Å². The van der Waals surface area contributed by atoms with Gasteiger partial charge in [-0.1, -0.05) is 39.0 Å². The van der Waals surface area contributed by atoms with Crippen LogP contribution in [0, 0.1) is 0 Å². The van der Waals surface area contributed by atoms with Crippen molar-refractivity contribution in [2.75, 3.05) is 7.11 Å². The van der Waals surface area contributed by atoms with Gasteiger partial charge < -0.3 is 4.74 Å². The van der Waals surface area contributed by atoms with Crippen LogP contribution in [0.5, 0.6) is 5.75 Å². The fraction of sp³-hybridized carbons (Fsp3) is 0.280. The number of rotatable bonds is 4. The highest BCUT2D eigenvalue weighted by molar-refractivity contribution is 7.10. The van der Waals surface area contributed by atoms with Crippen LogP contribution in [-0.2, 0) is 5.41 Å². The average Bonchev–Trinajstić information content (AvgIpc) is 3.50. The molecule has 0 saturated carbocycles. The third kappa shape index (κ3) is 3.24. The first-order valence-electron chi connectivity index (χ1n) is 10.5. The number of aromatic nitrogens is 4. The van der Waals surface area contributed by atoms with E-state index in [1.54, 1.807) is 19.5 Å². The molecule has 162 valence electrons. The normalized spacial score (nSPS) is 18.1. The van der Waals surface area contributed by atoms with Crippen LogP contribution in [-0.4, -0.2) is 33.1 Å². The molecule has 3 aromatic heterocycles. The summed E-state index contributed by atoms with van der Waals surface area (Å²) in [6.45, 7) is 6.35. The quantitative estimate of drug-likeness (QED) is 0.459. The average molecular weight is 445 g/mol. The van der Waals surface area contributed by atoms with E-state index >= 15 is 0 Å². The summed E-state index contributed by atoms with van der Waals surface area (Å²) >= 11 is 1.51. The number of methoxy groups -OCH3 is 1. The minimum absolute atomic E-state index is 0.0194. The molecule has 1 N–H and O–H groups in total. The van der Waals surface area contributed by atoms with Crippen molar-refractivity contribution < 1.29 is 9.53 Å². The molecule has 0 fully saturated rings. The van der Waals surface area contributed by atoms with Crippen molar-refractivity contribution in [1.82, 2.24) is 20.2 Å². The predicted molar refractivity (Wildman–Crippen MR) is 125 cm³/mol. The van der Waals surface area contributed by atoms with E-state index in [1.807, 2.05) is 41.8 Å². The van der Waals surface area contributed by atoms with Crippen LogP contribution in [0.4, 0.5) is 0 Å². The van der Waals surface area contributed by atoms with Gasteiger partial charge in [-0.15, -0.1) is 11.3 Å². The SMILES string of the molecule is COc1ccccc1C1c2c(C(C)(C)C)n[nH]c2C(=O)C1c1nc(-c2cccnc2)cs1. The van der Waals surface area contributed by atoms with E-state index in [4.69, 9.17) is 9.72 Å². The lowest BCUT2D eigenvalue weighted by atomic mass is 9.80. The van der Waals surface area contributed by atoms with Gasteiger partial charge in [-0.05, 0) is 18.2 Å². The molecule has 7 heteroatoms.